The van der Waals surface area contributed by atoms with Gasteiger partial charge >= 0.3 is 5.97 Å². The number of likely N-dealkylation sites (tertiary alicyclic amines) is 1. The molecule has 0 radical (unpaired) electrons. The van der Waals surface area contributed by atoms with Crippen LogP contribution in [0.1, 0.15) is 37.8 Å². The fourth-order valence-corrected chi connectivity index (χ4v) is 2.94. The van der Waals surface area contributed by atoms with E-state index in [4.69, 9.17) is 5.11 Å². The van der Waals surface area contributed by atoms with Gasteiger partial charge in [0.15, 0.2) is 0 Å². The van der Waals surface area contributed by atoms with Gasteiger partial charge < -0.3 is 15.3 Å². The molecule has 1 heterocycles. The number of rotatable bonds is 4. The van der Waals surface area contributed by atoms with Crippen molar-refractivity contribution in [2.24, 2.45) is 5.92 Å². The van der Waals surface area contributed by atoms with Crippen molar-refractivity contribution in [1.29, 1.82) is 0 Å². The lowest BCUT2D eigenvalue weighted by atomic mass is 9.92. The van der Waals surface area contributed by atoms with Gasteiger partial charge in [0.1, 0.15) is 11.5 Å². The van der Waals surface area contributed by atoms with E-state index in [9.17, 15) is 15.0 Å². The molecule has 1 saturated heterocycles. The highest BCUT2D eigenvalue weighted by molar-refractivity contribution is 5.67. The highest BCUT2D eigenvalue weighted by Crippen LogP contribution is 2.34. The van der Waals surface area contributed by atoms with Gasteiger partial charge in [-0.25, -0.2) is 0 Å². The van der Waals surface area contributed by atoms with E-state index in [-0.39, 0.29) is 29.9 Å². The summed E-state index contributed by atoms with van der Waals surface area (Å²) in [5.74, 6) is -0.313. The molecule has 1 fully saturated rings. The van der Waals surface area contributed by atoms with E-state index < -0.39 is 5.97 Å². The van der Waals surface area contributed by atoms with Gasteiger partial charge in [-0.2, -0.15) is 0 Å². The van der Waals surface area contributed by atoms with Gasteiger partial charge in [0.25, 0.3) is 0 Å². The summed E-state index contributed by atoms with van der Waals surface area (Å²) in [5, 5.41) is 28.4. The smallest absolute Gasteiger partial charge is 0.303 e. The van der Waals surface area contributed by atoms with E-state index in [2.05, 4.69) is 4.90 Å². The molecule has 2 rings (SSSR count). The number of carboxylic acids is 1. The van der Waals surface area contributed by atoms with Gasteiger partial charge in [-0.15, -0.1) is 0 Å². The lowest BCUT2D eigenvalue weighted by molar-refractivity contribution is -0.138. The van der Waals surface area contributed by atoms with Crippen LogP contribution in [0.4, 0.5) is 0 Å². The molecule has 2 unspecified atom stereocenters. The van der Waals surface area contributed by atoms with E-state index in [0.29, 0.717) is 12.1 Å². The van der Waals surface area contributed by atoms with Gasteiger partial charge in [0, 0.05) is 24.6 Å². The molecule has 3 N–H and O–H groups in total. The second kappa shape index (κ2) is 6.13. The number of phenols is 2. The van der Waals surface area contributed by atoms with Crippen LogP contribution in [-0.4, -0.2) is 39.3 Å². The number of hydrogen-bond acceptors (Lipinski definition) is 4. The van der Waals surface area contributed by atoms with E-state index >= 15 is 0 Å². The van der Waals surface area contributed by atoms with E-state index in [1.165, 1.54) is 12.1 Å². The molecule has 1 aliphatic rings. The van der Waals surface area contributed by atoms with Crippen molar-refractivity contribution in [2.75, 3.05) is 13.1 Å². The Balaban J connectivity index is 2.09. The number of nitrogens with zero attached hydrogens (tertiary/aromatic N) is 1. The summed E-state index contributed by atoms with van der Waals surface area (Å²) in [7, 11) is 0. The summed E-state index contributed by atoms with van der Waals surface area (Å²) < 4.78 is 0. The first-order valence-electron chi connectivity index (χ1n) is 6.95. The van der Waals surface area contributed by atoms with Crippen molar-refractivity contribution < 1.29 is 20.1 Å². The predicted octanol–water partition coefficient (Wildman–Crippen LogP) is 2.35. The van der Waals surface area contributed by atoms with Crippen LogP contribution in [0.2, 0.25) is 0 Å². The summed E-state index contributed by atoms with van der Waals surface area (Å²) in [4.78, 5) is 13.0. The summed E-state index contributed by atoms with van der Waals surface area (Å²) in [6.45, 7) is 3.56. The average Bonchev–Trinajstić information content (AvgIpc) is 2.40. The molecular formula is C15H21NO4. The van der Waals surface area contributed by atoms with Gasteiger partial charge in [-0.05, 0) is 50.4 Å². The van der Waals surface area contributed by atoms with Crippen molar-refractivity contribution in [3.05, 3.63) is 23.8 Å². The molecule has 1 aromatic rings. The number of carbonyl (C=O) groups is 1. The number of carboxylic acid groups (broad SMARTS) is 1. The molecule has 0 aromatic heterocycles. The Kier molecular flexibility index (Phi) is 4.49. The molecular weight excluding hydrogens is 258 g/mol. The Morgan fingerprint density at radius 1 is 1.45 bits per heavy atom. The third kappa shape index (κ3) is 3.42. The first-order valence-corrected chi connectivity index (χ1v) is 6.95. The standard InChI is InChI=1S/C15H21NO4/c1-10(13-8-12(17)4-5-14(13)18)16-6-2-3-11(9-16)7-15(19)20/h4-5,8,10-11,17-18H,2-3,6-7,9H2,1H3,(H,19,20). The minimum atomic E-state index is -0.760. The number of hydrogen-bond donors (Lipinski definition) is 3. The Hall–Kier alpha value is -1.75. The fourth-order valence-electron chi connectivity index (χ4n) is 2.94. The van der Waals surface area contributed by atoms with Gasteiger partial charge in [0.2, 0.25) is 0 Å². The molecule has 0 aliphatic carbocycles. The van der Waals surface area contributed by atoms with Gasteiger partial charge in [0.05, 0.1) is 0 Å². The molecule has 0 amide bonds. The molecule has 20 heavy (non-hydrogen) atoms. The Morgan fingerprint density at radius 3 is 2.90 bits per heavy atom. The summed E-state index contributed by atoms with van der Waals surface area (Å²) >= 11 is 0. The molecule has 5 nitrogen and oxygen atoms in total. The second-order valence-corrected chi connectivity index (χ2v) is 5.52. The molecule has 0 saturated carbocycles. The zero-order valence-corrected chi connectivity index (χ0v) is 11.6. The van der Waals surface area contributed by atoms with Crippen LogP contribution >= 0.6 is 0 Å². The number of benzene rings is 1. The number of phenolic OH excluding ortho intramolecular Hbond substituents is 2. The number of aliphatic carboxylic acids is 1. The van der Waals surface area contributed by atoms with E-state index in [1.54, 1.807) is 6.07 Å². The summed E-state index contributed by atoms with van der Waals surface area (Å²) in [6, 6.07) is 4.47. The largest absolute Gasteiger partial charge is 0.508 e. The monoisotopic (exact) mass is 279 g/mol. The van der Waals surface area contributed by atoms with Crippen LogP contribution in [0.5, 0.6) is 11.5 Å². The van der Waals surface area contributed by atoms with Crippen molar-refractivity contribution in [3.63, 3.8) is 0 Å². The van der Waals surface area contributed by atoms with Crippen LogP contribution in [0.25, 0.3) is 0 Å². The van der Waals surface area contributed by atoms with Crippen molar-refractivity contribution in [1.82, 2.24) is 4.90 Å². The zero-order valence-electron chi connectivity index (χ0n) is 11.6. The van der Waals surface area contributed by atoms with Crippen LogP contribution in [0.15, 0.2) is 18.2 Å². The van der Waals surface area contributed by atoms with Crippen molar-refractivity contribution in [2.45, 2.75) is 32.2 Å². The first-order chi connectivity index (χ1) is 9.47. The molecule has 110 valence electrons. The fraction of sp³-hybridized carbons (Fsp3) is 0.533. The summed E-state index contributed by atoms with van der Waals surface area (Å²) in [5.41, 5.74) is 0.681. The molecule has 1 aliphatic heterocycles. The normalized spacial score (nSPS) is 21.6. The predicted molar refractivity (Wildman–Crippen MR) is 74.7 cm³/mol. The second-order valence-electron chi connectivity index (χ2n) is 5.52. The maximum Gasteiger partial charge on any atom is 0.303 e. The zero-order chi connectivity index (χ0) is 14.7. The van der Waals surface area contributed by atoms with Crippen LogP contribution in [0, 0.1) is 5.92 Å². The minimum Gasteiger partial charge on any atom is -0.508 e. The highest BCUT2D eigenvalue weighted by Gasteiger charge is 2.27. The third-order valence-corrected chi connectivity index (χ3v) is 4.02. The quantitative estimate of drug-likeness (QED) is 0.737. The average molecular weight is 279 g/mol. The molecule has 5 heteroatoms. The van der Waals surface area contributed by atoms with E-state index in [1.807, 2.05) is 6.92 Å². The lowest BCUT2D eigenvalue weighted by Gasteiger charge is -2.36. The molecule has 0 spiro atoms. The SMILES string of the molecule is CC(c1cc(O)ccc1O)N1CCCC(CC(=O)O)C1. The van der Waals surface area contributed by atoms with Crippen LogP contribution in [-0.2, 0) is 4.79 Å². The summed E-state index contributed by atoms with van der Waals surface area (Å²) in [6.07, 6.45) is 2.08. The molecule has 1 aromatic carbocycles. The highest BCUT2D eigenvalue weighted by atomic mass is 16.4. The Labute approximate surface area is 118 Å². The minimum absolute atomic E-state index is 0.0429. The molecule has 2 atom stereocenters. The third-order valence-electron chi connectivity index (χ3n) is 4.02. The maximum atomic E-state index is 10.8. The lowest BCUT2D eigenvalue weighted by Crippen LogP contribution is -2.38. The topological polar surface area (TPSA) is 81.0 Å². The van der Waals surface area contributed by atoms with Gasteiger partial charge in [-0.1, -0.05) is 0 Å². The maximum absolute atomic E-state index is 10.8. The number of piperidine rings is 1. The first kappa shape index (κ1) is 14.7. The van der Waals surface area contributed by atoms with Crippen molar-refractivity contribution in [3.8, 4) is 11.5 Å². The number of aromatic hydroxyl groups is 2. The molecule has 0 bridgehead atoms. The van der Waals surface area contributed by atoms with Gasteiger partial charge in [-0.3, -0.25) is 9.69 Å². The Bertz CT molecular complexity index is 489. The van der Waals surface area contributed by atoms with Crippen LogP contribution in [0.3, 0.4) is 0 Å². The van der Waals surface area contributed by atoms with Crippen LogP contribution < -0.4 is 0 Å². The van der Waals surface area contributed by atoms with Crippen molar-refractivity contribution >= 4 is 5.97 Å². The van der Waals surface area contributed by atoms with E-state index in [0.717, 1.165) is 19.4 Å². The Morgan fingerprint density at radius 2 is 2.20 bits per heavy atom.